The van der Waals surface area contributed by atoms with E-state index in [1.54, 1.807) is 36.4 Å². The Kier molecular flexibility index (Phi) is 10.00. The van der Waals surface area contributed by atoms with Crippen LogP contribution in [0.2, 0.25) is 0 Å². The van der Waals surface area contributed by atoms with Crippen LogP contribution in [0.15, 0.2) is 182 Å². The normalized spacial score (nSPS) is 10.7. The van der Waals surface area contributed by atoms with Gasteiger partial charge in [-0.05, 0) is 176 Å². The molecule has 8 rings (SSSR count). The van der Waals surface area contributed by atoms with Crippen LogP contribution in [0.25, 0.3) is 66.8 Å². The zero-order valence-electron chi connectivity index (χ0n) is 29.4. The molecule has 0 aromatic heterocycles. The molecule has 0 aliphatic carbocycles. The highest BCUT2D eigenvalue weighted by Crippen LogP contribution is 2.36. The van der Waals surface area contributed by atoms with Crippen molar-refractivity contribution in [2.75, 3.05) is 17.2 Å². The van der Waals surface area contributed by atoms with Gasteiger partial charge in [-0.25, -0.2) is 0 Å². The van der Waals surface area contributed by atoms with Crippen LogP contribution in [-0.2, 0) is 0 Å². The molecule has 0 bridgehead atoms. The number of benzene rings is 8. The summed E-state index contributed by atoms with van der Waals surface area (Å²) in [6.45, 7) is 0. The summed E-state index contributed by atoms with van der Waals surface area (Å²) in [7, 11) is 0. The Morgan fingerprint density at radius 1 is 0.204 bits per heavy atom. The largest absolute Gasteiger partial charge is 0.508 e. The maximum Gasteiger partial charge on any atom is 0.115 e. The van der Waals surface area contributed by atoms with Gasteiger partial charge in [0.2, 0.25) is 0 Å². The summed E-state index contributed by atoms with van der Waals surface area (Å²) in [5, 5.41) is 28.7. The van der Waals surface area contributed by atoms with E-state index < -0.39 is 0 Å². The van der Waals surface area contributed by atoms with Gasteiger partial charge >= 0.3 is 0 Å². The second-order valence-corrected chi connectivity index (χ2v) is 13.1. The summed E-state index contributed by atoms with van der Waals surface area (Å²) < 4.78 is 0. The van der Waals surface area contributed by atoms with Crippen molar-refractivity contribution >= 4 is 17.1 Å². The van der Waals surface area contributed by atoms with Crippen molar-refractivity contribution in [3.63, 3.8) is 0 Å². The summed E-state index contributed by atoms with van der Waals surface area (Å²) in [4.78, 5) is 0. The van der Waals surface area contributed by atoms with Gasteiger partial charge in [-0.2, -0.15) is 0 Å². The van der Waals surface area contributed by atoms with Gasteiger partial charge in [0.05, 0.1) is 0 Å². The van der Waals surface area contributed by atoms with Gasteiger partial charge < -0.3 is 32.5 Å². The summed E-state index contributed by atoms with van der Waals surface area (Å²) in [6, 6.07) is 58.0. The molecule has 6 nitrogen and oxygen atoms in total. The molecule has 0 fully saturated rings. The average Bonchev–Trinajstić information content (AvgIpc) is 3.19. The molecule has 0 spiro atoms. The van der Waals surface area contributed by atoms with Gasteiger partial charge in [0, 0.05) is 17.1 Å². The lowest BCUT2D eigenvalue weighted by molar-refractivity contribution is 0.475. The number of phenolic OH excluding ortho intramolecular Hbond substituents is 3. The van der Waals surface area contributed by atoms with Gasteiger partial charge in [-0.15, -0.1) is 0 Å². The van der Waals surface area contributed by atoms with Crippen LogP contribution in [0.1, 0.15) is 0 Å². The Labute approximate surface area is 314 Å². The maximum atomic E-state index is 9.57. The number of hydrogen-bond donors (Lipinski definition) is 6. The number of aromatic hydroxyl groups is 3. The molecular weight excluding hydrogens is 667 g/mol. The number of rotatable bonds is 6. The molecule has 8 aromatic carbocycles. The molecule has 0 unspecified atom stereocenters. The van der Waals surface area contributed by atoms with E-state index in [0.29, 0.717) is 0 Å². The summed E-state index contributed by atoms with van der Waals surface area (Å²) in [5.41, 5.74) is 32.6. The van der Waals surface area contributed by atoms with Crippen LogP contribution >= 0.6 is 0 Å². The Balaban J connectivity index is 0.000000167. The van der Waals surface area contributed by atoms with Crippen molar-refractivity contribution in [3.8, 4) is 84.0 Å². The molecule has 8 aromatic rings. The fourth-order valence-electron chi connectivity index (χ4n) is 6.24. The monoisotopic (exact) mass is 705 g/mol. The highest BCUT2D eigenvalue weighted by Gasteiger charge is 2.10. The lowest BCUT2D eigenvalue weighted by Gasteiger charge is -2.12. The van der Waals surface area contributed by atoms with E-state index in [9.17, 15) is 15.3 Å². The van der Waals surface area contributed by atoms with Crippen LogP contribution in [-0.4, -0.2) is 15.3 Å². The molecule has 0 saturated heterocycles. The number of phenols is 3. The Bertz CT molecular complexity index is 2010. The van der Waals surface area contributed by atoms with E-state index in [4.69, 9.17) is 17.2 Å². The predicted octanol–water partition coefficient (Wildman–Crippen LogP) is 11.2. The minimum absolute atomic E-state index is 0.229. The molecular formula is C48H39N3O3. The smallest absolute Gasteiger partial charge is 0.115 e. The molecule has 0 aliphatic rings. The fraction of sp³-hybridized carbons (Fsp3) is 0. The quantitative estimate of drug-likeness (QED) is 0.0952. The van der Waals surface area contributed by atoms with Crippen LogP contribution in [0.5, 0.6) is 17.2 Å². The molecule has 0 aliphatic heterocycles. The van der Waals surface area contributed by atoms with Crippen molar-refractivity contribution in [2.24, 2.45) is 0 Å². The van der Waals surface area contributed by atoms with Crippen molar-refractivity contribution < 1.29 is 15.3 Å². The van der Waals surface area contributed by atoms with E-state index in [2.05, 4.69) is 36.4 Å². The maximum absolute atomic E-state index is 9.57. The molecule has 0 radical (unpaired) electrons. The molecule has 6 heteroatoms. The first-order valence-corrected chi connectivity index (χ1v) is 17.4. The van der Waals surface area contributed by atoms with Crippen LogP contribution in [0.4, 0.5) is 17.1 Å². The Morgan fingerprint density at radius 2 is 0.352 bits per heavy atom. The van der Waals surface area contributed by atoms with Crippen molar-refractivity contribution in [1.29, 1.82) is 0 Å². The second kappa shape index (κ2) is 15.4. The minimum Gasteiger partial charge on any atom is -0.508 e. The zero-order valence-corrected chi connectivity index (χ0v) is 29.4. The Morgan fingerprint density at radius 3 is 0.519 bits per heavy atom. The summed E-state index contributed by atoms with van der Waals surface area (Å²) in [5.74, 6) is 0.687. The molecule has 9 N–H and O–H groups in total. The van der Waals surface area contributed by atoms with Crippen molar-refractivity contribution in [2.45, 2.75) is 0 Å². The van der Waals surface area contributed by atoms with Crippen molar-refractivity contribution in [3.05, 3.63) is 182 Å². The first-order valence-electron chi connectivity index (χ1n) is 17.4. The predicted molar refractivity (Wildman–Crippen MR) is 224 cm³/mol. The average molecular weight is 706 g/mol. The van der Waals surface area contributed by atoms with E-state index in [-0.39, 0.29) is 17.2 Å². The third-order valence-corrected chi connectivity index (χ3v) is 9.20. The second-order valence-electron chi connectivity index (χ2n) is 13.1. The zero-order chi connectivity index (χ0) is 37.6. The van der Waals surface area contributed by atoms with E-state index in [1.807, 2.05) is 109 Å². The fourth-order valence-corrected chi connectivity index (χ4v) is 6.24. The summed E-state index contributed by atoms with van der Waals surface area (Å²) >= 11 is 0. The van der Waals surface area contributed by atoms with E-state index in [0.717, 1.165) is 83.8 Å². The third kappa shape index (κ3) is 8.36. The van der Waals surface area contributed by atoms with Gasteiger partial charge in [-0.1, -0.05) is 72.8 Å². The number of nitrogens with two attached hydrogens (primary N) is 3. The van der Waals surface area contributed by atoms with Gasteiger partial charge in [0.1, 0.15) is 17.2 Å². The SMILES string of the molecule is Nc1ccc(-c2cc(-c3ccc(N)cc3)cc(-c3ccc(N)cc3)c2)cc1.Oc1ccc(-c2cc(-c3ccc(O)cc3)cc(-c3ccc(O)cc3)c2)cc1. The number of anilines is 3. The third-order valence-electron chi connectivity index (χ3n) is 9.20. The molecule has 0 amide bonds. The van der Waals surface area contributed by atoms with Gasteiger partial charge in [-0.3, -0.25) is 0 Å². The van der Waals surface area contributed by atoms with Gasteiger partial charge in [0.15, 0.2) is 0 Å². The van der Waals surface area contributed by atoms with E-state index >= 15 is 0 Å². The highest BCUT2D eigenvalue weighted by molar-refractivity contribution is 5.83. The van der Waals surface area contributed by atoms with Crippen molar-refractivity contribution in [1.82, 2.24) is 0 Å². The highest BCUT2D eigenvalue weighted by atomic mass is 16.3. The topological polar surface area (TPSA) is 139 Å². The van der Waals surface area contributed by atoms with E-state index in [1.165, 1.54) is 0 Å². The number of nitrogen functional groups attached to an aromatic ring is 3. The molecule has 0 atom stereocenters. The minimum atomic E-state index is 0.229. The summed E-state index contributed by atoms with van der Waals surface area (Å²) in [6.07, 6.45) is 0. The van der Waals surface area contributed by atoms with Crippen LogP contribution in [0, 0.1) is 0 Å². The molecule has 54 heavy (non-hydrogen) atoms. The van der Waals surface area contributed by atoms with Crippen LogP contribution in [0.3, 0.4) is 0 Å². The molecule has 0 saturated carbocycles. The standard InChI is InChI=1S/C24H21N3.C24H18O3/c2*25-22-7-1-16(2-8-22)19-13-20(17-3-9-23(26)10-4-17)15-21(14-19)18-5-11-24(27)12-6-18/h1-15H,25-27H2;1-15,25-27H. The number of hydrogen-bond acceptors (Lipinski definition) is 6. The van der Waals surface area contributed by atoms with Crippen LogP contribution < -0.4 is 17.2 Å². The first-order chi connectivity index (χ1) is 26.2. The lowest BCUT2D eigenvalue weighted by atomic mass is 9.93. The lowest BCUT2D eigenvalue weighted by Crippen LogP contribution is -1.89. The van der Waals surface area contributed by atoms with Gasteiger partial charge in [0.25, 0.3) is 0 Å². The molecule has 264 valence electrons. The molecule has 0 heterocycles. The Hall–Kier alpha value is -7.44. The first kappa shape index (κ1) is 35.0.